The first-order chi connectivity index (χ1) is 7.74. The highest BCUT2D eigenvalue weighted by molar-refractivity contribution is 9.10. The Hall–Kier alpha value is -1.24. The summed E-state index contributed by atoms with van der Waals surface area (Å²) >= 11 is 3.18. The number of fused-ring (bicyclic) bond motifs is 1. The molecule has 0 aliphatic carbocycles. The normalized spacial score (nSPS) is 23.7. The van der Waals surface area contributed by atoms with E-state index in [9.17, 15) is 18.0 Å². The summed E-state index contributed by atoms with van der Waals surface area (Å²) in [7, 11) is 0. The number of nitrogens with one attached hydrogen (secondary N) is 2. The molecule has 1 aromatic carbocycles. The van der Waals surface area contributed by atoms with Gasteiger partial charge in [0, 0.05) is 4.47 Å². The highest BCUT2D eigenvalue weighted by Crippen LogP contribution is 2.40. The molecule has 17 heavy (non-hydrogen) atoms. The molecule has 1 aliphatic rings. The van der Waals surface area contributed by atoms with Crippen molar-refractivity contribution in [2.75, 3.05) is 10.6 Å². The number of hydrogen-bond acceptors (Lipinski definition) is 2. The summed E-state index contributed by atoms with van der Waals surface area (Å²) in [6.45, 7) is 0.813. The lowest BCUT2D eigenvalue weighted by Crippen LogP contribution is -2.60. The van der Waals surface area contributed by atoms with Gasteiger partial charge in [-0.15, -0.1) is 0 Å². The fraction of sp³-hybridized carbons (Fsp3) is 0.300. The fourth-order valence-corrected chi connectivity index (χ4v) is 1.86. The standard InChI is InChI=1S/C10H8BrF3N2O/c1-9(10(12,13)14)8(17)15-7-4-5(11)2-3-6(7)16-9/h2-4,16H,1H3,(H,15,17). The van der Waals surface area contributed by atoms with Gasteiger partial charge >= 0.3 is 6.18 Å². The minimum absolute atomic E-state index is 0.243. The Morgan fingerprint density at radius 2 is 1.94 bits per heavy atom. The first-order valence-corrected chi connectivity index (χ1v) is 5.49. The number of anilines is 2. The van der Waals surface area contributed by atoms with Gasteiger partial charge in [-0.05, 0) is 25.1 Å². The van der Waals surface area contributed by atoms with E-state index in [4.69, 9.17) is 0 Å². The average Bonchev–Trinajstić information content (AvgIpc) is 2.19. The first-order valence-electron chi connectivity index (χ1n) is 4.70. The van der Waals surface area contributed by atoms with Crippen LogP contribution in [0, 0.1) is 0 Å². The summed E-state index contributed by atoms with van der Waals surface area (Å²) < 4.78 is 39.1. The summed E-state index contributed by atoms with van der Waals surface area (Å²) in [4.78, 5) is 11.5. The quantitative estimate of drug-likeness (QED) is 0.773. The van der Waals surface area contributed by atoms with Crippen LogP contribution in [0.4, 0.5) is 24.5 Å². The predicted molar refractivity (Wildman–Crippen MR) is 60.9 cm³/mol. The Balaban J connectivity index is 2.47. The number of benzene rings is 1. The van der Waals surface area contributed by atoms with Crippen LogP contribution in [0.1, 0.15) is 6.92 Å². The second kappa shape index (κ2) is 3.63. The van der Waals surface area contributed by atoms with Crippen molar-refractivity contribution in [3.63, 3.8) is 0 Å². The zero-order valence-electron chi connectivity index (χ0n) is 8.65. The molecule has 1 aromatic rings. The smallest absolute Gasteiger partial charge is 0.362 e. The van der Waals surface area contributed by atoms with Gasteiger partial charge in [-0.3, -0.25) is 4.79 Å². The zero-order chi connectivity index (χ0) is 12.8. The maximum Gasteiger partial charge on any atom is 0.420 e. The van der Waals surface area contributed by atoms with Gasteiger partial charge in [-0.25, -0.2) is 0 Å². The van der Waals surface area contributed by atoms with Crippen molar-refractivity contribution < 1.29 is 18.0 Å². The van der Waals surface area contributed by atoms with E-state index in [1.54, 1.807) is 6.07 Å². The summed E-state index contributed by atoms with van der Waals surface area (Å²) in [5, 5.41) is 4.48. The predicted octanol–water partition coefficient (Wildman–Crippen LogP) is 3.13. The maximum absolute atomic E-state index is 12.8. The average molecular weight is 309 g/mol. The third kappa shape index (κ3) is 1.88. The Morgan fingerprint density at radius 1 is 1.29 bits per heavy atom. The third-order valence-corrected chi connectivity index (χ3v) is 3.13. The second-order valence-electron chi connectivity index (χ2n) is 3.89. The van der Waals surface area contributed by atoms with Crippen molar-refractivity contribution in [3.05, 3.63) is 22.7 Å². The highest BCUT2D eigenvalue weighted by atomic mass is 79.9. The maximum atomic E-state index is 12.8. The van der Waals surface area contributed by atoms with Crippen molar-refractivity contribution in [2.24, 2.45) is 0 Å². The Bertz CT molecular complexity index is 489. The summed E-state index contributed by atoms with van der Waals surface area (Å²) in [5.74, 6) is -1.12. The molecule has 0 aromatic heterocycles. The van der Waals surface area contributed by atoms with Crippen LogP contribution in [0.3, 0.4) is 0 Å². The zero-order valence-corrected chi connectivity index (χ0v) is 10.2. The van der Waals surface area contributed by atoms with Crippen LogP contribution >= 0.6 is 15.9 Å². The van der Waals surface area contributed by atoms with Gasteiger partial charge in [0.05, 0.1) is 11.4 Å². The van der Waals surface area contributed by atoms with Crippen molar-refractivity contribution in [1.82, 2.24) is 0 Å². The van der Waals surface area contributed by atoms with E-state index in [1.807, 2.05) is 0 Å². The number of carbonyl (C=O) groups is 1. The molecule has 0 bridgehead atoms. The molecule has 3 nitrogen and oxygen atoms in total. The Labute approximate surface area is 104 Å². The molecule has 0 saturated heterocycles. The summed E-state index contributed by atoms with van der Waals surface area (Å²) in [6.07, 6.45) is -4.66. The minimum atomic E-state index is -4.66. The molecule has 2 rings (SSSR count). The topological polar surface area (TPSA) is 41.1 Å². The van der Waals surface area contributed by atoms with Crippen LogP contribution in [-0.2, 0) is 4.79 Å². The van der Waals surface area contributed by atoms with Gasteiger partial charge in [-0.1, -0.05) is 15.9 Å². The van der Waals surface area contributed by atoms with E-state index in [0.717, 1.165) is 6.92 Å². The van der Waals surface area contributed by atoms with Gasteiger partial charge in [0.2, 0.25) is 5.54 Å². The summed E-state index contributed by atoms with van der Waals surface area (Å²) in [5.41, 5.74) is -2.04. The summed E-state index contributed by atoms with van der Waals surface area (Å²) in [6, 6.07) is 4.61. The third-order valence-electron chi connectivity index (χ3n) is 2.64. The van der Waals surface area contributed by atoms with Crippen LogP contribution in [0.2, 0.25) is 0 Å². The first kappa shape index (κ1) is 12.2. The molecule has 0 saturated carbocycles. The molecule has 0 spiro atoms. The molecule has 1 atom stereocenters. The number of amides is 1. The molecular formula is C10H8BrF3N2O. The molecular weight excluding hydrogens is 301 g/mol. The van der Waals surface area contributed by atoms with E-state index in [-0.39, 0.29) is 5.69 Å². The van der Waals surface area contributed by atoms with Crippen LogP contribution in [0.15, 0.2) is 22.7 Å². The lowest BCUT2D eigenvalue weighted by atomic mass is 9.96. The van der Waals surface area contributed by atoms with Crippen molar-refractivity contribution >= 4 is 33.2 Å². The van der Waals surface area contributed by atoms with E-state index in [1.165, 1.54) is 12.1 Å². The van der Waals surface area contributed by atoms with Gasteiger partial charge < -0.3 is 10.6 Å². The molecule has 2 N–H and O–H groups in total. The van der Waals surface area contributed by atoms with E-state index in [2.05, 4.69) is 26.6 Å². The minimum Gasteiger partial charge on any atom is -0.362 e. The Morgan fingerprint density at radius 3 is 2.53 bits per heavy atom. The molecule has 7 heteroatoms. The van der Waals surface area contributed by atoms with Gasteiger partial charge in [0.1, 0.15) is 0 Å². The van der Waals surface area contributed by atoms with E-state index in [0.29, 0.717) is 10.2 Å². The van der Waals surface area contributed by atoms with Crippen LogP contribution in [-0.4, -0.2) is 17.6 Å². The van der Waals surface area contributed by atoms with Crippen molar-refractivity contribution in [3.8, 4) is 0 Å². The highest BCUT2D eigenvalue weighted by Gasteiger charge is 2.58. The number of rotatable bonds is 0. The number of halogens is 4. The molecule has 0 radical (unpaired) electrons. The largest absolute Gasteiger partial charge is 0.420 e. The van der Waals surface area contributed by atoms with Gasteiger partial charge in [-0.2, -0.15) is 13.2 Å². The Kier molecular flexibility index (Phi) is 2.61. The van der Waals surface area contributed by atoms with Crippen LogP contribution < -0.4 is 10.6 Å². The number of carbonyl (C=O) groups excluding carboxylic acids is 1. The number of alkyl halides is 3. The fourth-order valence-electron chi connectivity index (χ4n) is 1.50. The molecule has 92 valence electrons. The van der Waals surface area contributed by atoms with Crippen LogP contribution in [0.25, 0.3) is 0 Å². The molecule has 1 unspecified atom stereocenters. The number of hydrogen-bond donors (Lipinski definition) is 2. The molecule has 0 fully saturated rings. The SMILES string of the molecule is CC1(C(F)(F)F)Nc2ccc(Br)cc2NC1=O. The van der Waals surface area contributed by atoms with E-state index < -0.39 is 17.6 Å². The van der Waals surface area contributed by atoms with E-state index >= 15 is 0 Å². The van der Waals surface area contributed by atoms with Gasteiger partial charge in [0.15, 0.2) is 0 Å². The monoisotopic (exact) mass is 308 g/mol. The molecule has 1 amide bonds. The second-order valence-corrected chi connectivity index (χ2v) is 4.81. The van der Waals surface area contributed by atoms with Gasteiger partial charge in [0.25, 0.3) is 5.91 Å². The van der Waals surface area contributed by atoms with Crippen LogP contribution in [0.5, 0.6) is 0 Å². The lowest BCUT2D eigenvalue weighted by Gasteiger charge is -2.37. The molecule has 1 heterocycles. The molecule has 1 aliphatic heterocycles. The van der Waals surface area contributed by atoms with Crippen molar-refractivity contribution in [1.29, 1.82) is 0 Å². The van der Waals surface area contributed by atoms with Crippen molar-refractivity contribution in [2.45, 2.75) is 18.6 Å². The lowest BCUT2D eigenvalue weighted by molar-refractivity contribution is -0.179.